The van der Waals surface area contributed by atoms with E-state index >= 15 is 0 Å². The molecule has 3 aromatic heterocycles. The lowest BCUT2D eigenvalue weighted by atomic mass is 10.2. The Bertz CT molecular complexity index is 1320. The van der Waals surface area contributed by atoms with Crippen molar-refractivity contribution in [2.24, 2.45) is 0 Å². The molecule has 0 bridgehead atoms. The summed E-state index contributed by atoms with van der Waals surface area (Å²) in [5.74, 6) is -1.00. The van der Waals surface area contributed by atoms with Crippen molar-refractivity contribution in [1.82, 2.24) is 24.3 Å². The van der Waals surface area contributed by atoms with Crippen molar-refractivity contribution in [2.45, 2.75) is 32.1 Å². The third kappa shape index (κ3) is 3.72. The number of nitrogens with zero attached hydrogens (tertiary/aromatic N) is 5. The number of hydrogen-bond donors (Lipinski definition) is 0. The van der Waals surface area contributed by atoms with Crippen LogP contribution in [0.3, 0.4) is 0 Å². The predicted molar refractivity (Wildman–Crippen MR) is 117 cm³/mol. The lowest BCUT2D eigenvalue weighted by Crippen LogP contribution is -2.09. The van der Waals surface area contributed by atoms with E-state index in [0.29, 0.717) is 18.7 Å². The maximum absolute atomic E-state index is 13.2. The maximum Gasteiger partial charge on any atom is 0.453 e. The number of para-hydroxylation sites is 2. The predicted octanol–water partition coefficient (Wildman–Crippen LogP) is 5.95. The number of rotatable bonds is 6. The summed E-state index contributed by atoms with van der Waals surface area (Å²) in [6, 6.07) is 21.6. The molecule has 8 heteroatoms. The number of benzene rings is 2. The van der Waals surface area contributed by atoms with Gasteiger partial charge in [-0.25, -0.2) is 9.67 Å². The Labute approximate surface area is 182 Å². The fourth-order valence-corrected chi connectivity index (χ4v) is 4.08. The molecule has 2 aromatic carbocycles. The molecular formula is C24H20F3N5. The number of hydrogen-bond acceptors (Lipinski definition) is 3. The summed E-state index contributed by atoms with van der Waals surface area (Å²) in [5.41, 5.74) is 2.68. The summed E-state index contributed by atoms with van der Waals surface area (Å²) in [6.07, 6.45) is -1.63. The fourth-order valence-electron chi connectivity index (χ4n) is 4.08. The highest BCUT2D eigenvalue weighted by Gasteiger charge is 2.37. The molecule has 0 unspecified atom stereocenters. The third-order valence-corrected chi connectivity index (χ3v) is 5.50. The zero-order chi connectivity index (χ0) is 22.1. The molecule has 0 atom stereocenters. The quantitative estimate of drug-likeness (QED) is 0.310. The van der Waals surface area contributed by atoms with Gasteiger partial charge in [0.2, 0.25) is 0 Å². The van der Waals surface area contributed by atoms with E-state index < -0.39 is 12.0 Å². The molecule has 5 nitrogen and oxygen atoms in total. The Morgan fingerprint density at radius 3 is 2.00 bits per heavy atom. The Hall–Kier alpha value is -3.68. The molecule has 5 aromatic rings. The molecule has 0 saturated heterocycles. The molecule has 0 fully saturated rings. The summed E-state index contributed by atoms with van der Waals surface area (Å²) >= 11 is 0. The molecule has 3 heterocycles. The molecule has 0 radical (unpaired) electrons. The number of alkyl halides is 3. The van der Waals surface area contributed by atoms with Crippen molar-refractivity contribution in [2.75, 3.05) is 0 Å². The first-order valence-corrected chi connectivity index (χ1v) is 10.4. The molecular weight excluding hydrogens is 415 g/mol. The summed E-state index contributed by atoms with van der Waals surface area (Å²) in [6.45, 7) is 1.08. The molecule has 0 N–H and O–H groups in total. The second-order valence-electron chi connectivity index (χ2n) is 7.59. The highest BCUT2D eigenvalue weighted by molar-refractivity contribution is 6.07. The molecule has 162 valence electrons. The van der Waals surface area contributed by atoms with Gasteiger partial charge >= 0.3 is 6.18 Å². The molecule has 0 spiro atoms. The topological polar surface area (TPSA) is 48.5 Å². The van der Waals surface area contributed by atoms with E-state index in [-0.39, 0.29) is 5.82 Å². The minimum Gasteiger partial charge on any atom is -0.340 e. The Morgan fingerprint density at radius 2 is 1.38 bits per heavy atom. The molecule has 32 heavy (non-hydrogen) atoms. The van der Waals surface area contributed by atoms with Crippen LogP contribution in [0, 0.1) is 0 Å². The Morgan fingerprint density at radius 1 is 0.750 bits per heavy atom. The third-order valence-electron chi connectivity index (χ3n) is 5.50. The van der Waals surface area contributed by atoms with E-state index in [1.807, 2.05) is 24.3 Å². The SMILES string of the molecule is FC(F)(F)c1nc(-c2ccccn2)n(CCCCn2c3ccccc3c3ccccc32)n1. The summed E-state index contributed by atoms with van der Waals surface area (Å²) in [7, 11) is 0. The normalized spacial score (nSPS) is 12.1. The van der Waals surface area contributed by atoms with E-state index in [1.54, 1.807) is 18.2 Å². The van der Waals surface area contributed by atoms with Crippen molar-refractivity contribution in [3.63, 3.8) is 0 Å². The van der Waals surface area contributed by atoms with Crippen molar-refractivity contribution >= 4 is 21.8 Å². The van der Waals surface area contributed by atoms with Gasteiger partial charge in [0.25, 0.3) is 5.82 Å². The van der Waals surface area contributed by atoms with Crippen LogP contribution >= 0.6 is 0 Å². The highest BCUT2D eigenvalue weighted by Crippen LogP contribution is 2.30. The van der Waals surface area contributed by atoms with Crippen LogP contribution in [-0.4, -0.2) is 24.3 Å². The molecule has 0 amide bonds. The van der Waals surface area contributed by atoms with Crippen molar-refractivity contribution in [3.8, 4) is 11.5 Å². The molecule has 0 aliphatic rings. The second-order valence-corrected chi connectivity index (χ2v) is 7.59. The van der Waals surface area contributed by atoms with Crippen LogP contribution in [0.4, 0.5) is 13.2 Å². The van der Waals surface area contributed by atoms with Crippen LogP contribution < -0.4 is 0 Å². The van der Waals surface area contributed by atoms with Crippen LogP contribution in [0.2, 0.25) is 0 Å². The smallest absolute Gasteiger partial charge is 0.340 e. The number of halogens is 3. The standard InChI is InChI=1S/C24H20F3N5/c25-24(26,27)23-29-22(19-11-5-6-14-28-19)32(30-23)16-8-7-15-31-20-12-3-1-9-17(20)18-10-2-4-13-21(18)31/h1-6,9-14H,7-8,15-16H2. The van der Waals surface area contributed by atoms with Gasteiger partial charge in [0.15, 0.2) is 5.82 Å². The first-order valence-electron chi connectivity index (χ1n) is 10.4. The Balaban J connectivity index is 1.37. The van der Waals surface area contributed by atoms with Crippen molar-refractivity contribution < 1.29 is 13.2 Å². The van der Waals surface area contributed by atoms with Gasteiger partial charge in [0.05, 0.1) is 0 Å². The number of unbranched alkanes of at least 4 members (excludes halogenated alkanes) is 1. The molecule has 0 aliphatic heterocycles. The van der Waals surface area contributed by atoms with E-state index in [9.17, 15) is 13.2 Å². The zero-order valence-electron chi connectivity index (χ0n) is 17.1. The average molecular weight is 435 g/mol. The van der Waals surface area contributed by atoms with E-state index in [0.717, 1.165) is 24.0 Å². The van der Waals surface area contributed by atoms with Crippen molar-refractivity contribution in [1.29, 1.82) is 0 Å². The second kappa shape index (κ2) is 8.11. The molecule has 5 rings (SSSR count). The van der Waals surface area contributed by atoms with E-state index in [1.165, 1.54) is 21.7 Å². The van der Waals surface area contributed by atoms with Crippen LogP contribution in [0.5, 0.6) is 0 Å². The summed E-state index contributed by atoms with van der Waals surface area (Å²) in [4.78, 5) is 7.87. The highest BCUT2D eigenvalue weighted by atomic mass is 19.4. The first kappa shape index (κ1) is 20.2. The fraction of sp³-hybridized carbons (Fsp3) is 0.208. The summed E-state index contributed by atoms with van der Waals surface area (Å²) in [5, 5.41) is 6.13. The number of aromatic nitrogens is 5. The van der Waals surface area contributed by atoms with E-state index in [4.69, 9.17) is 0 Å². The minimum atomic E-state index is -4.60. The van der Waals surface area contributed by atoms with Gasteiger partial charge in [0, 0.05) is 41.1 Å². The van der Waals surface area contributed by atoms with Crippen LogP contribution in [-0.2, 0) is 19.3 Å². The van der Waals surface area contributed by atoms with Gasteiger partial charge < -0.3 is 4.57 Å². The van der Waals surface area contributed by atoms with Crippen LogP contribution in [0.15, 0.2) is 72.9 Å². The molecule has 0 aliphatic carbocycles. The average Bonchev–Trinajstić information content (AvgIpc) is 3.37. The monoisotopic (exact) mass is 435 g/mol. The van der Waals surface area contributed by atoms with Gasteiger partial charge in [0.1, 0.15) is 5.69 Å². The molecule has 0 saturated carbocycles. The zero-order valence-corrected chi connectivity index (χ0v) is 17.1. The first-order chi connectivity index (χ1) is 15.5. The lowest BCUT2D eigenvalue weighted by molar-refractivity contribution is -0.145. The number of aryl methyl sites for hydroxylation is 2. The van der Waals surface area contributed by atoms with E-state index in [2.05, 4.69) is 43.9 Å². The van der Waals surface area contributed by atoms with Gasteiger partial charge in [-0.05, 0) is 37.1 Å². The lowest BCUT2D eigenvalue weighted by Gasteiger charge is -2.09. The van der Waals surface area contributed by atoms with Gasteiger partial charge in [-0.2, -0.15) is 13.2 Å². The Kier molecular flexibility index (Phi) is 5.13. The van der Waals surface area contributed by atoms with Gasteiger partial charge in [-0.1, -0.05) is 42.5 Å². The van der Waals surface area contributed by atoms with Crippen LogP contribution in [0.25, 0.3) is 33.3 Å². The van der Waals surface area contributed by atoms with Crippen LogP contribution in [0.1, 0.15) is 18.7 Å². The van der Waals surface area contributed by atoms with Gasteiger partial charge in [-0.3, -0.25) is 4.98 Å². The minimum absolute atomic E-state index is 0.134. The maximum atomic E-state index is 13.2. The van der Waals surface area contributed by atoms with Crippen molar-refractivity contribution in [3.05, 3.63) is 78.8 Å². The number of pyridine rings is 1. The number of fused-ring (bicyclic) bond motifs is 3. The summed E-state index contributed by atoms with van der Waals surface area (Å²) < 4.78 is 43.2. The van der Waals surface area contributed by atoms with Gasteiger partial charge in [-0.15, -0.1) is 5.10 Å². The largest absolute Gasteiger partial charge is 0.453 e.